The van der Waals surface area contributed by atoms with E-state index in [0.29, 0.717) is 18.8 Å². The number of likely N-dealkylation sites (tertiary alicyclic amines) is 1. The zero-order chi connectivity index (χ0) is 20.6. The van der Waals surface area contributed by atoms with Gasteiger partial charge in [0, 0.05) is 30.4 Å². The van der Waals surface area contributed by atoms with Gasteiger partial charge in [0.25, 0.3) is 5.91 Å². The third-order valence-electron chi connectivity index (χ3n) is 6.14. The number of rotatable bonds is 7. The number of hydrogen-bond acceptors (Lipinski definition) is 4. The summed E-state index contributed by atoms with van der Waals surface area (Å²) in [7, 11) is 0. The number of nitrogens with two attached hydrogens (primary N) is 1. The van der Waals surface area contributed by atoms with Gasteiger partial charge in [0.05, 0.1) is 6.04 Å². The molecule has 6 heteroatoms. The summed E-state index contributed by atoms with van der Waals surface area (Å²) in [6.45, 7) is 3.36. The van der Waals surface area contributed by atoms with E-state index < -0.39 is 6.04 Å². The summed E-state index contributed by atoms with van der Waals surface area (Å²) < 4.78 is 0. The molecule has 1 aromatic carbocycles. The Balaban J connectivity index is 1.35. The minimum absolute atomic E-state index is 0.0514. The van der Waals surface area contributed by atoms with Crippen molar-refractivity contribution in [1.29, 1.82) is 0 Å². The maximum absolute atomic E-state index is 12.6. The minimum atomic E-state index is -0.448. The van der Waals surface area contributed by atoms with Crippen molar-refractivity contribution in [2.24, 2.45) is 11.7 Å². The largest absolute Gasteiger partial charge is 0.352 e. The minimum Gasteiger partial charge on any atom is -0.352 e. The quantitative estimate of drug-likeness (QED) is 0.713. The van der Waals surface area contributed by atoms with Crippen LogP contribution in [0.1, 0.15) is 60.9 Å². The standard InChI is InChI=1S/C23H35N3O2S/c1-17-7-9-19(10-8-17)23(28)26-13-11-20(12-14-26)25-22(27)21(24)16-29-15-18-5-3-2-4-6-18/h7-10,18,20-21H,2-6,11-16,24H2,1H3,(H,25,27). The van der Waals surface area contributed by atoms with Gasteiger partial charge >= 0.3 is 0 Å². The lowest BCUT2D eigenvalue weighted by Crippen LogP contribution is -2.51. The average molecular weight is 418 g/mol. The van der Waals surface area contributed by atoms with Crippen molar-refractivity contribution in [3.8, 4) is 0 Å². The van der Waals surface area contributed by atoms with Crippen LogP contribution in [0.25, 0.3) is 0 Å². The molecule has 2 aliphatic rings. The van der Waals surface area contributed by atoms with E-state index in [2.05, 4.69) is 5.32 Å². The van der Waals surface area contributed by atoms with E-state index in [1.165, 1.54) is 32.1 Å². The zero-order valence-corrected chi connectivity index (χ0v) is 18.4. The molecule has 29 heavy (non-hydrogen) atoms. The second-order valence-corrected chi connectivity index (χ2v) is 9.66. The molecule has 1 aliphatic carbocycles. The van der Waals surface area contributed by atoms with Gasteiger partial charge in [0.2, 0.25) is 5.91 Å². The summed E-state index contributed by atoms with van der Waals surface area (Å²) >= 11 is 1.82. The topological polar surface area (TPSA) is 75.4 Å². The summed E-state index contributed by atoms with van der Waals surface area (Å²) in [5, 5.41) is 3.10. The zero-order valence-electron chi connectivity index (χ0n) is 17.6. The highest BCUT2D eigenvalue weighted by Gasteiger charge is 2.26. The Kier molecular flexibility index (Phi) is 8.42. The van der Waals surface area contributed by atoms with Crippen LogP contribution < -0.4 is 11.1 Å². The molecule has 5 nitrogen and oxygen atoms in total. The van der Waals surface area contributed by atoms with Crippen molar-refractivity contribution >= 4 is 23.6 Å². The van der Waals surface area contributed by atoms with Crippen LogP contribution in [0.3, 0.4) is 0 Å². The summed E-state index contributed by atoms with van der Waals surface area (Å²) in [6, 6.07) is 7.36. The number of hydrogen-bond donors (Lipinski definition) is 2. The molecule has 1 atom stereocenters. The molecule has 0 spiro atoms. The van der Waals surface area contributed by atoms with Crippen molar-refractivity contribution in [2.45, 2.75) is 64.0 Å². The number of amides is 2. The van der Waals surface area contributed by atoms with E-state index in [9.17, 15) is 9.59 Å². The normalized spacial score (nSPS) is 19.7. The maximum Gasteiger partial charge on any atom is 0.253 e. The first-order valence-corrected chi connectivity index (χ1v) is 12.2. The first-order valence-electron chi connectivity index (χ1n) is 11.0. The molecule has 3 N–H and O–H groups in total. The molecule has 2 fully saturated rings. The Bertz CT molecular complexity index is 665. The molecular formula is C23H35N3O2S. The molecule has 1 saturated heterocycles. The van der Waals surface area contributed by atoms with E-state index in [1.54, 1.807) is 0 Å². The number of carbonyl (C=O) groups is 2. The predicted octanol–water partition coefficient (Wildman–Crippen LogP) is 3.36. The fourth-order valence-corrected chi connectivity index (χ4v) is 5.41. The molecule has 1 heterocycles. The van der Waals surface area contributed by atoms with E-state index in [0.717, 1.165) is 35.6 Å². The Hall–Kier alpha value is -1.53. The van der Waals surface area contributed by atoms with Crippen LogP contribution in [-0.2, 0) is 4.79 Å². The lowest BCUT2D eigenvalue weighted by Gasteiger charge is -2.33. The van der Waals surface area contributed by atoms with Crippen molar-refractivity contribution in [1.82, 2.24) is 10.2 Å². The van der Waals surface area contributed by atoms with Gasteiger partial charge in [0.15, 0.2) is 0 Å². The lowest BCUT2D eigenvalue weighted by molar-refractivity contribution is -0.122. The van der Waals surface area contributed by atoms with Gasteiger partial charge in [-0.15, -0.1) is 0 Å². The van der Waals surface area contributed by atoms with Crippen LogP contribution in [0, 0.1) is 12.8 Å². The van der Waals surface area contributed by atoms with Gasteiger partial charge in [-0.3, -0.25) is 9.59 Å². The van der Waals surface area contributed by atoms with Gasteiger partial charge < -0.3 is 16.0 Å². The van der Waals surface area contributed by atoms with Gasteiger partial charge in [-0.05, 0) is 56.4 Å². The number of carbonyl (C=O) groups excluding carboxylic acids is 2. The van der Waals surface area contributed by atoms with E-state index in [1.807, 2.05) is 47.9 Å². The Morgan fingerprint density at radius 2 is 1.76 bits per heavy atom. The number of thioether (sulfide) groups is 1. The number of piperidine rings is 1. The highest BCUT2D eigenvalue weighted by atomic mass is 32.2. The summed E-state index contributed by atoms with van der Waals surface area (Å²) in [5.41, 5.74) is 8.00. The van der Waals surface area contributed by atoms with Crippen LogP contribution >= 0.6 is 11.8 Å². The molecule has 1 aromatic rings. The SMILES string of the molecule is Cc1ccc(C(=O)N2CCC(NC(=O)C(N)CSCC3CCCCC3)CC2)cc1. The molecule has 0 bridgehead atoms. The van der Waals surface area contributed by atoms with Crippen molar-refractivity contribution in [3.63, 3.8) is 0 Å². The predicted molar refractivity (Wildman–Crippen MR) is 120 cm³/mol. The molecule has 2 amide bonds. The third kappa shape index (κ3) is 6.75. The molecular weight excluding hydrogens is 382 g/mol. The van der Waals surface area contributed by atoms with Crippen molar-refractivity contribution < 1.29 is 9.59 Å². The Morgan fingerprint density at radius 1 is 1.10 bits per heavy atom. The van der Waals surface area contributed by atoms with E-state index in [-0.39, 0.29) is 17.9 Å². The summed E-state index contributed by atoms with van der Waals surface area (Å²) in [4.78, 5) is 26.9. The second kappa shape index (κ2) is 11.0. The monoisotopic (exact) mass is 417 g/mol. The smallest absolute Gasteiger partial charge is 0.253 e. The fourth-order valence-electron chi connectivity index (χ4n) is 4.21. The van der Waals surface area contributed by atoms with Crippen LogP contribution in [0.2, 0.25) is 0 Å². The molecule has 1 aliphatic heterocycles. The molecule has 0 aromatic heterocycles. The molecule has 0 radical (unpaired) electrons. The van der Waals surface area contributed by atoms with Crippen LogP contribution in [-0.4, -0.2) is 53.4 Å². The van der Waals surface area contributed by atoms with Gasteiger partial charge in [-0.2, -0.15) is 11.8 Å². The molecule has 3 rings (SSSR count). The van der Waals surface area contributed by atoms with E-state index in [4.69, 9.17) is 5.73 Å². The first-order chi connectivity index (χ1) is 14.0. The third-order valence-corrected chi connectivity index (χ3v) is 7.44. The molecule has 1 unspecified atom stereocenters. The highest BCUT2D eigenvalue weighted by molar-refractivity contribution is 7.99. The lowest BCUT2D eigenvalue weighted by atomic mass is 9.91. The Labute approximate surface area is 179 Å². The van der Waals surface area contributed by atoms with Crippen LogP contribution in [0.15, 0.2) is 24.3 Å². The number of nitrogens with one attached hydrogen (secondary N) is 1. The second-order valence-electron chi connectivity index (χ2n) is 8.59. The number of nitrogens with zero attached hydrogens (tertiary/aromatic N) is 1. The van der Waals surface area contributed by atoms with Crippen molar-refractivity contribution in [2.75, 3.05) is 24.6 Å². The average Bonchev–Trinajstić information content (AvgIpc) is 2.75. The van der Waals surface area contributed by atoms with Gasteiger partial charge in [-0.1, -0.05) is 37.0 Å². The Morgan fingerprint density at radius 3 is 2.41 bits per heavy atom. The van der Waals surface area contributed by atoms with Gasteiger partial charge in [-0.25, -0.2) is 0 Å². The van der Waals surface area contributed by atoms with E-state index >= 15 is 0 Å². The number of benzene rings is 1. The van der Waals surface area contributed by atoms with Crippen LogP contribution in [0.5, 0.6) is 0 Å². The number of aryl methyl sites for hydroxylation is 1. The first kappa shape index (κ1) is 22.2. The van der Waals surface area contributed by atoms with Crippen LogP contribution in [0.4, 0.5) is 0 Å². The molecule has 160 valence electrons. The maximum atomic E-state index is 12.6. The summed E-state index contributed by atoms with van der Waals surface area (Å²) in [5.74, 6) is 2.64. The van der Waals surface area contributed by atoms with Crippen molar-refractivity contribution in [3.05, 3.63) is 35.4 Å². The highest BCUT2D eigenvalue weighted by Crippen LogP contribution is 2.26. The fraction of sp³-hybridized carbons (Fsp3) is 0.652. The molecule has 1 saturated carbocycles. The van der Waals surface area contributed by atoms with Gasteiger partial charge in [0.1, 0.15) is 0 Å². The summed E-state index contributed by atoms with van der Waals surface area (Å²) in [6.07, 6.45) is 8.30.